The molecule has 0 atom stereocenters. The first-order valence-corrected chi connectivity index (χ1v) is 27.6. The molecule has 0 bridgehead atoms. The summed E-state index contributed by atoms with van der Waals surface area (Å²) in [6.45, 7) is 1.66. The molecule has 4 aromatic heterocycles. The van der Waals surface area contributed by atoms with Crippen molar-refractivity contribution < 1.29 is 57.3 Å². The van der Waals surface area contributed by atoms with Gasteiger partial charge in [-0.05, 0) is 48.2 Å². The maximum atomic E-state index is 15.4. The summed E-state index contributed by atoms with van der Waals surface area (Å²) in [6, 6.07) is 41.5. The van der Waals surface area contributed by atoms with Gasteiger partial charge in [0.2, 0.25) is 5.41 Å². The Morgan fingerprint density at radius 1 is 0.494 bits per heavy atom. The third-order valence-electron chi connectivity index (χ3n) is 13.3. The van der Waals surface area contributed by atoms with E-state index in [0.717, 1.165) is 22.7 Å². The standard InChI is InChI=1S/C59H36N6O12S4/c1-31-37(25-60)51(66)64(57(72)76-29-35-19-11-5-12-20-35)53(68)44(31)62-41-23-39-46(79-41)48-43(59(39,55(70)74-27-33-15-7-3-8-16-33)56(71)75-28-34-17-9-4-10-18-34)49-50(81-48)47-40(78-49)24-42(80-47)63-45-32(2)38(26-61)52(67)65(54(45)69)58(73)77-30-36-21-13-6-14-22-36/h3-24H,27-30H2,1-2H3/b62-44+,63-45+. The van der Waals surface area contributed by atoms with Crippen LogP contribution in [0.3, 0.4) is 0 Å². The molecule has 11 rings (SSSR count). The Labute approximate surface area is 474 Å². The van der Waals surface area contributed by atoms with E-state index in [-0.39, 0.29) is 74.2 Å². The predicted molar refractivity (Wildman–Crippen MR) is 299 cm³/mol. The van der Waals surface area contributed by atoms with Gasteiger partial charge >= 0.3 is 24.1 Å². The maximum Gasteiger partial charge on any atom is 0.424 e. The lowest BCUT2D eigenvalue weighted by molar-refractivity contribution is -0.164. The molecular formula is C59H36N6O12S4. The van der Waals surface area contributed by atoms with E-state index in [0.29, 0.717) is 50.8 Å². The summed E-state index contributed by atoms with van der Waals surface area (Å²) >= 11 is 4.57. The number of esters is 2. The van der Waals surface area contributed by atoms with Crippen LogP contribution in [0.2, 0.25) is 0 Å². The third kappa shape index (κ3) is 9.41. The first-order chi connectivity index (χ1) is 39.2. The van der Waals surface area contributed by atoms with Gasteiger partial charge in [-0.1, -0.05) is 121 Å². The Hall–Kier alpha value is -9.84. The van der Waals surface area contributed by atoms with Crippen LogP contribution in [-0.4, -0.2) is 69.0 Å². The molecule has 0 fully saturated rings. The van der Waals surface area contributed by atoms with Gasteiger partial charge in [-0.25, -0.2) is 19.6 Å². The number of benzene rings is 4. The van der Waals surface area contributed by atoms with Crippen LogP contribution in [0.25, 0.3) is 28.6 Å². The SMILES string of the molecule is CC1=C(C#N)C(=O)N(C(=O)OCc2ccccc2)C(=O)/C1=N/c1cc2c(s1)-c1sc3c(sc4cc(/N=C5/C(=O)N(C(=O)OCc6ccccc6)C(=O)C(C#N)=C5C)sc43)c1C2(C(=O)OCc1ccccc1)C(=O)OCc1ccccc1. The molecular weight excluding hydrogens is 1110 g/mol. The number of imide groups is 6. The molecule has 6 amide bonds. The van der Waals surface area contributed by atoms with Crippen LogP contribution in [-0.2, 0) is 79.6 Å². The smallest absolute Gasteiger partial charge is 0.424 e. The number of thiophene rings is 4. The Morgan fingerprint density at radius 3 is 1.32 bits per heavy atom. The van der Waals surface area contributed by atoms with Crippen LogP contribution in [0.4, 0.5) is 19.6 Å². The van der Waals surface area contributed by atoms with Crippen molar-refractivity contribution in [2.45, 2.75) is 45.7 Å². The molecule has 0 saturated heterocycles. The molecule has 3 aliphatic rings. The van der Waals surface area contributed by atoms with Gasteiger partial charge in [-0.2, -0.15) is 20.3 Å². The van der Waals surface area contributed by atoms with E-state index < -0.39 is 70.0 Å². The minimum Gasteiger partial charge on any atom is -0.459 e. The van der Waals surface area contributed by atoms with Gasteiger partial charge in [0.15, 0.2) is 0 Å². The third-order valence-corrected chi connectivity index (χ3v) is 18.2. The number of carbonyl (C=O) groups excluding carboxylic acids is 8. The molecule has 398 valence electrons. The van der Waals surface area contributed by atoms with Crippen LogP contribution in [0.15, 0.2) is 166 Å². The van der Waals surface area contributed by atoms with E-state index in [1.165, 1.54) is 42.6 Å². The zero-order chi connectivity index (χ0) is 56.7. The second-order valence-electron chi connectivity index (χ2n) is 18.2. The lowest BCUT2D eigenvalue weighted by Gasteiger charge is -2.26. The molecule has 81 heavy (non-hydrogen) atoms. The van der Waals surface area contributed by atoms with Crippen LogP contribution in [0, 0.1) is 22.7 Å². The number of nitriles is 2. The maximum absolute atomic E-state index is 15.4. The molecule has 18 nitrogen and oxygen atoms in total. The number of hydrogen-bond acceptors (Lipinski definition) is 20. The second-order valence-corrected chi connectivity index (χ2v) is 22.3. The molecule has 0 radical (unpaired) electrons. The highest BCUT2D eigenvalue weighted by molar-refractivity contribution is 7.41. The average Bonchev–Trinajstić information content (AvgIpc) is 4.31. The van der Waals surface area contributed by atoms with E-state index >= 15 is 9.59 Å². The fourth-order valence-corrected chi connectivity index (χ4v) is 14.7. The van der Waals surface area contributed by atoms with E-state index in [1.54, 1.807) is 140 Å². The van der Waals surface area contributed by atoms with Gasteiger partial charge in [0.1, 0.15) is 71.1 Å². The Morgan fingerprint density at radius 2 is 0.901 bits per heavy atom. The number of aliphatic imine (C=N–C) groups is 2. The second kappa shape index (κ2) is 21.8. The zero-order valence-corrected chi connectivity index (χ0v) is 45.5. The molecule has 0 spiro atoms. The summed E-state index contributed by atoms with van der Waals surface area (Å²) in [7, 11) is 0. The summed E-state index contributed by atoms with van der Waals surface area (Å²) in [5.74, 6) is -6.63. The minimum absolute atomic E-state index is 0.0404. The van der Waals surface area contributed by atoms with Gasteiger partial charge < -0.3 is 18.9 Å². The van der Waals surface area contributed by atoms with Crippen molar-refractivity contribution >= 4 is 133 Å². The Bertz CT molecular complexity index is 4180. The fourth-order valence-electron chi connectivity index (χ4n) is 9.25. The van der Waals surface area contributed by atoms with Crippen LogP contribution >= 0.6 is 45.3 Å². The van der Waals surface area contributed by atoms with Crippen LogP contribution in [0.5, 0.6) is 0 Å². The number of fused-ring (bicyclic) bond motifs is 7. The van der Waals surface area contributed by atoms with Gasteiger partial charge in [0, 0.05) is 27.0 Å². The number of nitrogens with zero attached hydrogens (tertiary/aromatic N) is 6. The highest BCUT2D eigenvalue weighted by atomic mass is 32.1. The highest BCUT2D eigenvalue weighted by Crippen LogP contribution is 2.63. The number of hydrogen-bond donors (Lipinski definition) is 0. The molecule has 0 unspecified atom stereocenters. The molecule has 8 aromatic rings. The van der Waals surface area contributed by atoms with Crippen molar-refractivity contribution in [1.82, 2.24) is 9.80 Å². The van der Waals surface area contributed by atoms with Gasteiger partial charge in [-0.3, -0.25) is 28.8 Å². The summed E-state index contributed by atoms with van der Waals surface area (Å²) in [6.07, 6.45) is -2.63. The van der Waals surface area contributed by atoms with Crippen molar-refractivity contribution in [3.05, 3.63) is 189 Å². The number of ether oxygens (including phenoxy) is 4. The van der Waals surface area contributed by atoms with E-state index in [1.807, 2.05) is 0 Å². The first-order valence-electron chi connectivity index (χ1n) is 24.4. The van der Waals surface area contributed by atoms with E-state index in [9.17, 15) is 39.3 Å². The minimum atomic E-state index is -2.34. The summed E-state index contributed by atoms with van der Waals surface area (Å²) in [5.41, 5.74) is -1.59. The summed E-state index contributed by atoms with van der Waals surface area (Å²) in [5, 5.41) is 20.5. The molecule has 0 saturated carbocycles. The lowest BCUT2D eigenvalue weighted by Crippen LogP contribution is -2.50. The van der Waals surface area contributed by atoms with Gasteiger partial charge in [-0.15, -0.1) is 45.3 Å². The van der Waals surface area contributed by atoms with E-state index in [4.69, 9.17) is 18.9 Å². The number of rotatable bonds is 12. The normalized spacial score (nSPS) is 15.8. The quantitative estimate of drug-likeness (QED) is 0.0477. The molecule has 6 heterocycles. The zero-order valence-electron chi connectivity index (χ0n) is 42.2. The number of carbonyl (C=O) groups is 8. The highest BCUT2D eigenvalue weighted by Gasteiger charge is 2.61. The molecule has 4 aromatic carbocycles. The van der Waals surface area contributed by atoms with E-state index in [2.05, 4.69) is 9.98 Å². The van der Waals surface area contributed by atoms with Crippen molar-refractivity contribution in [3.63, 3.8) is 0 Å². The van der Waals surface area contributed by atoms with Crippen LogP contribution in [0.1, 0.15) is 47.2 Å². The average molecular weight is 1150 g/mol. The first kappa shape index (κ1) is 53.2. The summed E-state index contributed by atoms with van der Waals surface area (Å²) in [4.78, 5) is 124. The Balaban J connectivity index is 1.03. The monoisotopic (exact) mass is 1150 g/mol. The topological polar surface area (TPSA) is 252 Å². The molecule has 0 N–H and O–H groups in total. The van der Waals surface area contributed by atoms with Gasteiger partial charge in [0.25, 0.3) is 23.6 Å². The predicted octanol–water partition coefficient (Wildman–Crippen LogP) is 11.2. The molecule has 2 aliphatic heterocycles. The largest absolute Gasteiger partial charge is 0.459 e. The molecule has 22 heteroatoms. The van der Waals surface area contributed by atoms with Crippen molar-refractivity contribution in [3.8, 4) is 21.9 Å². The van der Waals surface area contributed by atoms with Crippen molar-refractivity contribution in [2.24, 2.45) is 9.98 Å². The number of amides is 6. The van der Waals surface area contributed by atoms with Crippen LogP contribution < -0.4 is 0 Å². The Kier molecular flexibility index (Phi) is 14.3. The molecule has 1 aliphatic carbocycles. The fraction of sp³-hybridized carbons (Fsp3) is 0.119. The summed E-state index contributed by atoms with van der Waals surface area (Å²) < 4.78 is 25.3. The lowest BCUT2D eigenvalue weighted by atomic mass is 9.79. The van der Waals surface area contributed by atoms with Crippen molar-refractivity contribution in [2.75, 3.05) is 0 Å². The van der Waals surface area contributed by atoms with Gasteiger partial charge in [0.05, 0.1) is 23.9 Å². The van der Waals surface area contributed by atoms with Crippen molar-refractivity contribution in [1.29, 1.82) is 10.5 Å².